The summed E-state index contributed by atoms with van der Waals surface area (Å²) in [6.07, 6.45) is 0. The molecular formula is C15H17NO3S2. The maximum absolute atomic E-state index is 12.3. The molecule has 0 radical (unpaired) electrons. The summed E-state index contributed by atoms with van der Waals surface area (Å²) >= 11 is 1.49. The fraction of sp³-hybridized carbons (Fsp3) is 0.333. The minimum Gasteiger partial charge on any atom is -0.478 e. The van der Waals surface area contributed by atoms with Crippen molar-refractivity contribution in [1.82, 2.24) is 4.98 Å². The van der Waals surface area contributed by atoms with Gasteiger partial charge in [0.05, 0.1) is 27.8 Å². The third-order valence-corrected chi connectivity index (χ3v) is 5.27. The van der Waals surface area contributed by atoms with Crippen molar-refractivity contribution in [2.75, 3.05) is 0 Å². The highest BCUT2D eigenvalue weighted by Gasteiger charge is 2.18. The Labute approximate surface area is 130 Å². The summed E-state index contributed by atoms with van der Waals surface area (Å²) in [7, 11) is -1.29. The van der Waals surface area contributed by atoms with Gasteiger partial charge in [-0.05, 0) is 18.2 Å². The van der Waals surface area contributed by atoms with Crippen molar-refractivity contribution in [3.8, 4) is 0 Å². The van der Waals surface area contributed by atoms with Crippen LogP contribution >= 0.6 is 11.3 Å². The number of hydrogen-bond donors (Lipinski definition) is 1. The van der Waals surface area contributed by atoms with Crippen LogP contribution in [0, 0.1) is 0 Å². The molecule has 6 heteroatoms. The predicted octanol–water partition coefficient (Wildman–Crippen LogP) is 3.45. The summed E-state index contributed by atoms with van der Waals surface area (Å²) in [5, 5.41) is 11.8. The van der Waals surface area contributed by atoms with E-state index in [-0.39, 0.29) is 11.0 Å². The molecule has 0 amide bonds. The Morgan fingerprint density at radius 3 is 2.67 bits per heavy atom. The zero-order chi connectivity index (χ0) is 15.6. The van der Waals surface area contributed by atoms with Gasteiger partial charge in [0, 0.05) is 15.7 Å². The van der Waals surface area contributed by atoms with E-state index in [1.165, 1.54) is 23.5 Å². The third kappa shape index (κ3) is 3.98. The molecule has 0 spiro atoms. The van der Waals surface area contributed by atoms with Crippen molar-refractivity contribution in [1.29, 1.82) is 0 Å². The summed E-state index contributed by atoms with van der Waals surface area (Å²) < 4.78 is 12.3. The van der Waals surface area contributed by atoms with Gasteiger partial charge in [0.25, 0.3) is 0 Å². The van der Waals surface area contributed by atoms with E-state index in [4.69, 9.17) is 5.11 Å². The molecule has 0 saturated carbocycles. The molecule has 0 aliphatic carbocycles. The monoisotopic (exact) mass is 323 g/mol. The third-order valence-electron chi connectivity index (χ3n) is 2.92. The minimum atomic E-state index is -1.29. The molecule has 2 rings (SSSR count). The first-order chi connectivity index (χ1) is 9.77. The van der Waals surface area contributed by atoms with E-state index in [2.05, 4.69) is 25.8 Å². The van der Waals surface area contributed by atoms with Crippen molar-refractivity contribution in [3.63, 3.8) is 0 Å². The number of thiazole rings is 1. The topological polar surface area (TPSA) is 67.3 Å². The molecule has 2 aromatic rings. The summed E-state index contributed by atoms with van der Waals surface area (Å²) in [6.45, 7) is 6.25. The molecule has 1 heterocycles. The molecule has 21 heavy (non-hydrogen) atoms. The van der Waals surface area contributed by atoms with Gasteiger partial charge in [0.1, 0.15) is 5.01 Å². The van der Waals surface area contributed by atoms with Gasteiger partial charge in [0.15, 0.2) is 0 Å². The minimum absolute atomic E-state index is 0.0283. The lowest BCUT2D eigenvalue weighted by atomic mass is 9.93. The van der Waals surface area contributed by atoms with E-state index < -0.39 is 16.8 Å². The maximum Gasteiger partial charge on any atom is 0.335 e. The van der Waals surface area contributed by atoms with Crippen molar-refractivity contribution in [2.45, 2.75) is 36.8 Å². The van der Waals surface area contributed by atoms with Gasteiger partial charge in [-0.2, -0.15) is 0 Å². The van der Waals surface area contributed by atoms with Crippen LogP contribution in [0.3, 0.4) is 0 Å². The first-order valence-electron chi connectivity index (χ1n) is 6.44. The average molecular weight is 323 g/mol. The van der Waals surface area contributed by atoms with Crippen molar-refractivity contribution in [3.05, 3.63) is 45.9 Å². The molecule has 0 aliphatic rings. The highest BCUT2D eigenvalue weighted by atomic mass is 32.2. The lowest BCUT2D eigenvalue weighted by molar-refractivity contribution is 0.0696. The second-order valence-electron chi connectivity index (χ2n) is 5.70. The van der Waals surface area contributed by atoms with Crippen LogP contribution in [0.1, 0.15) is 41.8 Å². The van der Waals surface area contributed by atoms with E-state index in [1.807, 2.05) is 5.38 Å². The number of carboxylic acid groups (broad SMARTS) is 1. The van der Waals surface area contributed by atoms with Crippen molar-refractivity contribution in [2.24, 2.45) is 0 Å². The van der Waals surface area contributed by atoms with Crippen LogP contribution in [-0.4, -0.2) is 20.3 Å². The molecule has 1 aromatic heterocycles. The summed E-state index contributed by atoms with van der Waals surface area (Å²) in [6, 6.07) is 6.24. The second kappa shape index (κ2) is 6.07. The van der Waals surface area contributed by atoms with E-state index in [1.54, 1.807) is 12.1 Å². The number of carboxylic acids is 1. The number of rotatable bonds is 4. The smallest absolute Gasteiger partial charge is 0.335 e. The average Bonchev–Trinajstić information content (AvgIpc) is 2.87. The van der Waals surface area contributed by atoms with Crippen molar-refractivity contribution >= 4 is 28.1 Å². The van der Waals surface area contributed by atoms with Crippen LogP contribution in [0.15, 0.2) is 34.5 Å². The Balaban J connectivity index is 2.16. The van der Waals surface area contributed by atoms with Gasteiger partial charge in [-0.25, -0.2) is 9.78 Å². The molecule has 4 nitrogen and oxygen atoms in total. The van der Waals surface area contributed by atoms with E-state index in [0.29, 0.717) is 10.6 Å². The van der Waals surface area contributed by atoms with Crippen LogP contribution < -0.4 is 0 Å². The van der Waals surface area contributed by atoms with Crippen LogP contribution in [0.5, 0.6) is 0 Å². The quantitative estimate of drug-likeness (QED) is 0.936. The predicted molar refractivity (Wildman–Crippen MR) is 84.3 cm³/mol. The summed E-state index contributed by atoms with van der Waals surface area (Å²) in [4.78, 5) is 16.0. The normalized spacial score (nSPS) is 13.1. The van der Waals surface area contributed by atoms with Gasteiger partial charge in [0.2, 0.25) is 0 Å². The number of aromatic carboxylic acids is 1. The molecule has 0 fully saturated rings. The van der Waals surface area contributed by atoms with Gasteiger partial charge in [-0.3, -0.25) is 4.21 Å². The lowest BCUT2D eigenvalue weighted by Crippen LogP contribution is -2.11. The fourth-order valence-electron chi connectivity index (χ4n) is 1.69. The van der Waals surface area contributed by atoms with Gasteiger partial charge < -0.3 is 5.11 Å². The van der Waals surface area contributed by atoms with Crippen LogP contribution in [0.2, 0.25) is 0 Å². The Morgan fingerprint density at radius 2 is 2.10 bits per heavy atom. The zero-order valence-electron chi connectivity index (χ0n) is 12.1. The number of carbonyl (C=O) groups is 1. The number of aromatic nitrogens is 1. The fourth-order valence-corrected chi connectivity index (χ4v) is 4.03. The summed E-state index contributed by atoms with van der Waals surface area (Å²) in [5.41, 5.74) is 1.11. The van der Waals surface area contributed by atoms with Crippen LogP contribution in [0.25, 0.3) is 0 Å². The first kappa shape index (κ1) is 15.9. The lowest BCUT2D eigenvalue weighted by Gasteiger charge is -2.14. The van der Waals surface area contributed by atoms with E-state index in [9.17, 15) is 9.00 Å². The molecule has 112 valence electrons. The van der Waals surface area contributed by atoms with Crippen molar-refractivity contribution < 1.29 is 14.1 Å². The number of nitrogens with zero attached hydrogens (tertiary/aromatic N) is 1. The molecular weight excluding hydrogens is 306 g/mol. The Hall–Kier alpha value is -1.53. The van der Waals surface area contributed by atoms with Gasteiger partial charge in [-0.1, -0.05) is 26.8 Å². The number of benzene rings is 1. The molecule has 0 aliphatic heterocycles. The first-order valence-corrected chi connectivity index (χ1v) is 8.64. The Bertz CT molecular complexity index is 686. The summed E-state index contributed by atoms with van der Waals surface area (Å²) in [5.74, 6) is -0.706. The van der Waals surface area contributed by atoms with Crippen LogP contribution in [-0.2, 0) is 22.0 Å². The Morgan fingerprint density at radius 1 is 1.38 bits per heavy atom. The highest BCUT2D eigenvalue weighted by Crippen LogP contribution is 2.25. The maximum atomic E-state index is 12.3. The van der Waals surface area contributed by atoms with E-state index in [0.717, 1.165) is 10.7 Å². The molecule has 0 bridgehead atoms. The molecule has 1 aromatic carbocycles. The molecule has 0 saturated heterocycles. The van der Waals surface area contributed by atoms with Gasteiger partial charge in [-0.15, -0.1) is 11.3 Å². The molecule has 1 unspecified atom stereocenters. The SMILES string of the molecule is CC(C)(C)c1csc(CS(=O)c2cccc(C(=O)O)c2)n1. The van der Waals surface area contributed by atoms with Gasteiger partial charge >= 0.3 is 5.97 Å². The standard InChI is InChI=1S/C15H17NO3S2/c1-15(2,3)12-8-20-13(16-12)9-21(19)11-6-4-5-10(7-11)14(17)18/h4-8H,9H2,1-3H3,(H,17,18). The largest absolute Gasteiger partial charge is 0.478 e. The molecule has 1 N–H and O–H groups in total. The highest BCUT2D eigenvalue weighted by molar-refractivity contribution is 7.84. The second-order valence-corrected chi connectivity index (χ2v) is 8.09. The zero-order valence-corrected chi connectivity index (χ0v) is 13.8. The van der Waals surface area contributed by atoms with E-state index >= 15 is 0 Å². The Kier molecular flexibility index (Phi) is 4.58. The van der Waals surface area contributed by atoms with Crippen LogP contribution in [0.4, 0.5) is 0 Å². The molecule has 1 atom stereocenters. The number of hydrogen-bond acceptors (Lipinski definition) is 4.